The number of hydrogen-bond donors (Lipinski definition) is 0. The van der Waals surface area contributed by atoms with E-state index >= 15 is 0 Å². The Morgan fingerprint density at radius 2 is 1.42 bits per heavy atom. The highest BCUT2D eigenvalue weighted by atomic mass is 31.2. The third-order valence-electron chi connectivity index (χ3n) is 4.16. The normalized spacial score (nSPS) is 22.2. The molecule has 0 N–H and O–H groups in total. The minimum Gasteiger partial charge on any atom is -0.313 e. The van der Waals surface area contributed by atoms with Crippen LogP contribution in [0.5, 0.6) is 0 Å². The van der Waals surface area contributed by atoms with Crippen LogP contribution in [0.2, 0.25) is 0 Å². The molecule has 0 amide bonds. The molecule has 0 radical (unpaired) electrons. The van der Waals surface area contributed by atoms with Gasteiger partial charge in [-0.3, -0.25) is 0 Å². The molecule has 2 aromatic rings. The van der Waals surface area contributed by atoms with E-state index in [1.54, 1.807) is 0 Å². The Bertz CT molecular complexity index is 548. The first-order valence-electron chi connectivity index (χ1n) is 6.97. The van der Waals surface area contributed by atoms with Gasteiger partial charge in [-0.1, -0.05) is 74.0 Å². The van der Waals surface area contributed by atoms with Crippen LogP contribution in [-0.2, 0) is 4.57 Å². The summed E-state index contributed by atoms with van der Waals surface area (Å²) < 4.78 is 13.7. The standard InChI is InChI=1S/C17H19OP/c1-2-14-13-17(14)19(18,15-9-5-3-6-10-15)16-11-7-4-8-12-16/h3-12,14,17H,2,13H2,1H3/t14-,17-/m0/s1. The summed E-state index contributed by atoms with van der Waals surface area (Å²) in [4.78, 5) is 0. The minimum absolute atomic E-state index is 0.349. The second-order valence-electron chi connectivity index (χ2n) is 5.30. The molecule has 0 saturated heterocycles. The van der Waals surface area contributed by atoms with Gasteiger partial charge < -0.3 is 4.57 Å². The summed E-state index contributed by atoms with van der Waals surface area (Å²) in [6.45, 7) is 2.20. The van der Waals surface area contributed by atoms with Crippen LogP contribution in [0.25, 0.3) is 0 Å². The molecule has 1 fully saturated rings. The van der Waals surface area contributed by atoms with Gasteiger partial charge in [-0.05, 0) is 12.3 Å². The van der Waals surface area contributed by atoms with Gasteiger partial charge in [0.15, 0.2) is 0 Å². The van der Waals surface area contributed by atoms with Crippen molar-refractivity contribution in [3.63, 3.8) is 0 Å². The van der Waals surface area contributed by atoms with Gasteiger partial charge in [0.25, 0.3) is 0 Å². The van der Waals surface area contributed by atoms with E-state index in [0.717, 1.165) is 23.5 Å². The summed E-state index contributed by atoms with van der Waals surface area (Å²) in [5, 5.41) is 2.03. The van der Waals surface area contributed by atoms with E-state index in [2.05, 4.69) is 6.92 Å². The van der Waals surface area contributed by atoms with Crippen molar-refractivity contribution in [3.8, 4) is 0 Å². The van der Waals surface area contributed by atoms with Crippen LogP contribution >= 0.6 is 7.14 Å². The average Bonchev–Trinajstić information content (AvgIpc) is 3.28. The summed E-state index contributed by atoms with van der Waals surface area (Å²) >= 11 is 0. The summed E-state index contributed by atoms with van der Waals surface area (Å²) in [6, 6.07) is 20.1. The largest absolute Gasteiger partial charge is 0.313 e. The predicted molar refractivity (Wildman–Crippen MR) is 81.9 cm³/mol. The van der Waals surface area contributed by atoms with E-state index in [9.17, 15) is 4.57 Å². The van der Waals surface area contributed by atoms with Crippen LogP contribution in [0, 0.1) is 5.92 Å². The molecule has 1 aliphatic carbocycles. The lowest BCUT2D eigenvalue weighted by Crippen LogP contribution is -2.19. The van der Waals surface area contributed by atoms with Gasteiger partial charge in [-0.15, -0.1) is 0 Å². The molecule has 2 heteroatoms. The maximum Gasteiger partial charge on any atom is 0.146 e. The van der Waals surface area contributed by atoms with E-state index in [0.29, 0.717) is 11.6 Å². The Kier molecular flexibility index (Phi) is 3.33. The van der Waals surface area contributed by atoms with Gasteiger partial charge in [0.05, 0.1) is 0 Å². The van der Waals surface area contributed by atoms with Crippen LogP contribution in [0.15, 0.2) is 60.7 Å². The lowest BCUT2D eigenvalue weighted by Gasteiger charge is -2.19. The van der Waals surface area contributed by atoms with Crippen LogP contribution in [0.4, 0.5) is 0 Å². The first kappa shape index (κ1) is 12.7. The molecule has 98 valence electrons. The lowest BCUT2D eigenvalue weighted by atomic mass is 10.3. The van der Waals surface area contributed by atoms with Crippen molar-refractivity contribution in [1.82, 2.24) is 0 Å². The first-order valence-corrected chi connectivity index (χ1v) is 8.75. The van der Waals surface area contributed by atoms with Crippen LogP contribution < -0.4 is 10.6 Å². The Labute approximate surface area is 115 Å². The third-order valence-corrected chi connectivity index (χ3v) is 7.85. The Morgan fingerprint density at radius 3 is 1.79 bits per heavy atom. The van der Waals surface area contributed by atoms with Crippen molar-refractivity contribution in [2.24, 2.45) is 5.92 Å². The lowest BCUT2D eigenvalue weighted by molar-refractivity contribution is 0.584. The third kappa shape index (κ3) is 2.17. The highest BCUT2D eigenvalue weighted by Gasteiger charge is 2.50. The van der Waals surface area contributed by atoms with E-state index in [-0.39, 0.29) is 0 Å². The molecular weight excluding hydrogens is 251 g/mol. The van der Waals surface area contributed by atoms with Crippen molar-refractivity contribution < 1.29 is 4.57 Å². The SMILES string of the molecule is CC[C@H]1C[C@@H]1P(=O)(c1ccccc1)c1ccccc1. The molecule has 1 aliphatic rings. The zero-order valence-electron chi connectivity index (χ0n) is 11.2. The van der Waals surface area contributed by atoms with Gasteiger partial charge in [-0.2, -0.15) is 0 Å². The average molecular weight is 270 g/mol. The van der Waals surface area contributed by atoms with Gasteiger partial charge in [-0.25, -0.2) is 0 Å². The van der Waals surface area contributed by atoms with E-state index in [4.69, 9.17) is 0 Å². The monoisotopic (exact) mass is 270 g/mol. The number of hydrogen-bond acceptors (Lipinski definition) is 1. The minimum atomic E-state index is -2.46. The molecule has 2 atom stereocenters. The van der Waals surface area contributed by atoms with Crippen LogP contribution in [0.1, 0.15) is 19.8 Å². The van der Waals surface area contributed by atoms with Gasteiger partial charge >= 0.3 is 0 Å². The molecule has 1 saturated carbocycles. The molecule has 0 unspecified atom stereocenters. The Hall–Kier alpha value is -1.33. The summed E-state index contributed by atoms with van der Waals surface area (Å²) in [5.74, 6) is 0.631. The smallest absolute Gasteiger partial charge is 0.146 e. The number of rotatable bonds is 4. The molecule has 3 rings (SSSR count). The fraction of sp³-hybridized carbons (Fsp3) is 0.294. The maximum absolute atomic E-state index is 13.7. The first-order chi connectivity index (χ1) is 9.26. The zero-order chi connectivity index (χ0) is 13.3. The Balaban J connectivity index is 2.10. The van der Waals surface area contributed by atoms with E-state index < -0.39 is 7.14 Å². The Morgan fingerprint density at radius 1 is 0.947 bits per heavy atom. The quantitative estimate of drug-likeness (QED) is 0.772. The van der Waals surface area contributed by atoms with Crippen LogP contribution in [0.3, 0.4) is 0 Å². The summed E-state index contributed by atoms with van der Waals surface area (Å²) in [5.41, 5.74) is 0.349. The summed E-state index contributed by atoms with van der Waals surface area (Å²) in [6.07, 6.45) is 2.24. The zero-order valence-corrected chi connectivity index (χ0v) is 12.1. The topological polar surface area (TPSA) is 17.1 Å². The van der Waals surface area contributed by atoms with Crippen molar-refractivity contribution >= 4 is 17.8 Å². The highest BCUT2D eigenvalue weighted by Crippen LogP contribution is 2.62. The molecular formula is C17H19OP. The highest BCUT2D eigenvalue weighted by molar-refractivity contribution is 7.79. The molecule has 1 nitrogen and oxygen atoms in total. The van der Waals surface area contributed by atoms with E-state index in [1.807, 2.05) is 60.7 Å². The molecule has 0 spiro atoms. The number of benzene rings is 2. The fourth-order valence-electron chi connectivity index (χ4n) is 2.95. The van der Waals surface area contributed by atoms with Gasteiger partial charge in [0.2, 0.25) is 0 Å². The maximum atomic E-state index is 13.7. The van der Waals surface area contributed by atoms with Crippen LogP contribution in [-0.4, -0.2) is 5.66 Å². The fourth-order valence-corrected chi connectivity index (χ4v) is 6.61. The van der Waals surface area contributed by atoms with Crippen molar-refractivity contribution in [2.45, 2.75) is 25.4 Å². The van der Waals surface area contributed by atoms with Gasteiger partial charge in [0.1, 0.15) is 7.14 Å². The molecule has 19 heavy (non-hydrogen) atoms. The molecule has 0 aromatic heterocycles. The predicted octanol–water partition coefficient (Wildman–Crippen LogP) is 3.80. The molecule has 0 aliphatic heterocycles. The van der Waals surface area contributed by atoms with Crippen molar-refractivity contribution in [3.05, 3.63) is 60.7 Å². The second-order valence-corrected chi connectivity index (χ2v) is 8.31. The van der Waals surface area contributed by atoms with E-state index in [1.165, 1.54) is 0 Å². The molecule has 0 bridgehead atoms. The summed E-state index contributed by atoms with van der Waals surface area (Å²) in [7, 11) is -2.46. The second kappa shape index (κ2) is 4.98. The van der Waals surface area contributed by atoms with Crippen molar-refractivity contribution in [1.29, 1.82) is 0 Å². The van der Waals surface area contributed by atoms with Gasteiger partial charge in [0, 0.05) is 16.3 Å². The van der Waals surface area contributed by atoms with Crippen molar-refractivity contribution in [2.75, 3.05) is 0 Å². The molecule has 0 heterocycles. The molecule has 2 aromatic carbocycles.